The lowest BCUT2D eigenvalue weighted by atomic mass is 10.2. The van der Waals surface area contributed by atoms with Crippen molar-refractivity contribution in [2.45, 2.75) is 20.8 Å². The van der Waals surface area contributed by atoms with Crippen LogP contribution in [-0.2, 0) is 9.84 Å². The Morgan fingerprint density at radius 2 is 1.94 bits per heavy atom. The Balaban J connectivity index is 1.93. The van der Waals surface area contributed by atoms with E-state index in [-0.39, 0.29) is 11.0 Å². The fourth-order valence-electron chi connectivity index (χ4n) is 2.09. The van der Waals surface area contributed by atoms with Gasteiger partial charge in [-0.25, -0.2) is 8.42 Å². The average molecular weight is 296 g/mol. The highest BCUT2D eigenvalue weighted by Crippen LogP contribution is 2.45. The number of thioether (sulfide) groups is 1. The quantitative estimate of drug-likeness (QED) is 0.846. The highest BCUT2D eigenvalue weighted by Gasteiger charge is 2.31. The van der Waals surface area contributed by atoms with Crippen LogP contribution in [0, 0.1) is 0 Å². The molecule has 0 unspecified atom stereocenters. The van der Waals surface area contributed by atoms with Gasteiger partial charge in [0, 0.05) is 10.1 Å². The Hall–Kier alpha value is -0.780. The third-order valence-corrected chi connectivity index (χ3v) is 7.62. The molecular formula is C13H12O2S3. The van der Waals surface area contributed by atoms with E-state index in [1.54, 1.807) is 11.8 Å². The fourth-order valence-corrected chi connectivity index (χ4v) is 6.58. The zero-order valence-corrected chi connectivity index (χ0v) is 12.0. The number of rotatable bonds is 2. The van der Waals surface area contributed by atoms with E-state index in [2.05, 4.69) is 12.1 Å². The van der Waals surface area contributed by atoms with E-state index in [0.29, 0.717) is 10.6 Å². The van der Waals surface area contributed by atoms with Crippen LogP contribution in [0.4, 0.5) is 0 Å². The van der Waals surface area contributed by atoms with Crippen LogP contribution >= 0.6 is 23.1 Å². The van der Waals surface area contributed by atoms with Crippen LogP contribution in [0.1, 0.15) is 17.2 Å². The molecule has 1 aliphatic rings. The smallest absolute Gasteiger partial charge is 0.188 e. The number of sulfone groups is 1. The predicted molar refractivity (Wildman–Crippen MR) is 76.0 cm³/mol. The number of hydrogen-bond donors (Lipinski definition) is 0. The summed E-state index contributed by atoms with van der Waals surface area (Å²) in [6.07, 6.45) is 0.700. The molecular weight excluding hydrogens is 284 g/mol. The molecule has 2 aromatic rings. The molecule has 0 aliphatic carbocycles. The number of thiophene rings is 1. The highest BCUT2D eigenvalue weighted by atomic mass is 32.2. The third-order valence-electron chi connectivity index (χ3n) is 2.96. The monoisotopic (exact) mass is 296 g/mol. The minimum Gasteiger partial charge on any atom is -0.223 e. The van der Waals surface area contributed by atoms with Crippen molar-refractivity contribution in [2.75, 3.05) is 5.75 Å². The third kappa shape index (κ3) is 2.22. The summed E-state index contributed by atoms with van der Waals surface area (Å²) in [7, 11) is -3.02. The first kappa shape index (κ1) is 12.3. The average Bonchev–Trinajstić information content (AvgIpc) is 2.85. The van der Waals surface area contributed by atoms with E-state index in [0.717, 1.165) is 5.56 Å². The van der Waals surface area contributed by atoms with Gasteiger partial charge in [0.05, 0.1) is 5.75 Å². The molecule has 1 aromatic carbocycles. The van der Waals surface area contributed by atoms with Gasteiger partial charge < -0.3 is 0 Å². The van der Waals surface area contributed by atoms with Gasteiger partial charge in [0.2, 0.25) is 0 Å². The summed E-state index contributed by atoms with van der Waals surface area (Å²) in [5.41, 5.74) is 0.986. The molecule has 0 bridgehead atoms. The topological polar surface area (TPSA) is 34.1 Å². The van der Waals surface area contributed by atoms with Crippen molar-refractivity contribution in [3.05, 3.63) is 47.3 Å². The van der Waals surface area contributed by atoms with Crippen molar-refractivity contribution in [3.8, 4) is 0 Å². The largest absolute Gasteiger partial charge is 0.223 e. The Morgan fingerprint density at radius 1 is 1.17 bits per heavy atom. The standard InChI is InChI=1S/C13H12O2S3/c14-18(15)9-7-12(11-6-8-16-13(11)18)17-10-4-2-1-3-5-10/h1-6,8,12H,7,9H2/t12-/m1/s1. The van der Waals surface area contributed by atoms with Crippen molar-refractivity contribution < 1.29 is 8.42 Å². The Labute approximate surface area is 115 Å². The first-order valence-corrected chi connectivity index (χ1v) is 9.10. The van der Waals surface area contributed by atoms with Gasteiger partial charge in [-0.3, -0.25) is 0 Å². The van der Waals surface area contributed by atoms with E-state index in [1.807, 2.05) is 29.6 Å². The van der Waals surface area contributed by atoms with Gasteiger partial charge in [-0.2, -0.15) is 0 Å². The first-order valence-electron chi connectivity index (χ1n) is 5.69. The Kier molecular flexibility index (Phi) is 3.21. The van der Waals surface area contributed by atoms with Crippen molar-refractivity contribution in [1.82, 2.24) is 0 Å². The van der Waals surface area contributed by atoms with Crippen LogP contribution in [0.15, 0.2) is 50.9 Å². The van der Waals surface area contributed by atoms with Gasteiger partial charge in [-0.05, 0) is 35.6 Å². The molecule has 2 heterocycles. The summed E-state index contributed by atoms with van der Waals surface area (Å²) in [6, 6.07) is 12.1. The van der Waals surface area contributed by atoms with Crippen LogP contribution in [0.25, 0.3) is 0 Å². The number of hydrogen-bond acceptors (Lipinski definition) is 4. The summed E-state index contributed by atoms with van der Waals surface area (Å²) >= 11 is 3.10. The molecule has 1 aromatic heterocycles. The Morgan fingerprint density at radius 3 is 2.72 bits per heavy atom. The maximum Gasteiger partial charge on any atom is 0.188 e. The van der Waals surface area contributed by atoms with Crippen molar-refractivity contribution in [3.63, 3.8) is 0 Å². The van der Waals surface area contributed by atoms with Crippen LogP contribution in [0.5, 0.6) is 0 Å². The molecule has 0 radical (unpaired) electrons. The minimum absolute atomic E-state index is 0.261. The number of fused-ring (bicyclic) bond motifs is 1. The summed E-state index contributed by atoms with van der Waals surface area (Å²) in [5, 5.41) is 2.14. The summed E-state index contributed by atoms with van der Waals surface area (Å²) in [6.45, 7) is 0. The SMILES string of the molecule is O=S1(=O)CC[C@@H](Sc2ccccc2)c2ccsc21. The van der Waals surface area contributed by atoms with Gasteiger partial charge in [0.25, 0.3) is 0 Å². The molecule has 0 N–H and O–H groups in total. The van der Waals surface area contributed by atoms with E-state index >= 15 is 0 Å². The molecule has 3 rings (SSSR count). The van der Waals surface area contributed by atoms with E-state index < -0.39 is 9.84 Å². The van der Waals surface area contributed by atoms with Crippen LogP contribution in [0.2, 0.25) is 0 Å². The minimum atomic E-state index is -3.02. The molecule has 0 saturated heterocycles. The van der Waals surface area contributed by atoms with Gasteiger partial charge >= 0.3 is 0 Å². The maximum absolute atomic E-state index is 11.9. The van der Waals surface area contributed by atoms with E-state index in [9.17, 15) is 8.42 Å². The fraction of sp³-hybridized carbons (Fsp3) is 0.231. The lowest BCUT2D eigenvalue weighted by Crippen LogP contribution is -2.16. The maximum atomic E-state index is 11.9. The van der Waals surface area contributed by atoms with E-state index in [4.69, 9.17) is 0 Å². The summed E-state index contributed by atoms with van der Waals surface area (Å²) < 4.78 is 24.4. The summed E-state index contributed by atoms with van der Waals surface area (Å²) in [4.78, 5) is 1.19. The molecule has 5 heteroatoms. The van der Waals surface area contributed by atoms with E-state index in [1.165, 1.54) is 16.2 Å². The molecule has 0 amide bonds. The summed E-state index contributed by atoms with van der Waals surface area (Å²) in [5.74, 6) is 0.269. The second kappa shape index (κ2) is 4.72. The zero-order valence-electron chi connectivity index (χ0n) is 9.57. The Bertz CT molecular complexity index is 644. The van der Waals surface area contributed by atoms with Gasteiger partial charge in [0.1, 0.15) is 4.21 Å². The normalized spacial score (nSPS) is 21.4. The lowest BCUT2D eigenvalue weighted by Gasteiger charge is -2.22. The van der Waals surface area contributed by atoms with Crippen molar-refractivity contribution in [1.29, 1.82) is 0 Å². The molecule has 2 nitrogen and oxygen atoms in total. The molecule has 1 aliphatic heterocycles. The lowest BCUT2D eigenvalue weighted by molar-refractivity contribution is 0.588. The van der Waals surface area contributed by atoms with Gasteiger partial charge in [0.15, 0.2) is 9.84 Å². The second-order valence-corrected chi connectivity index (χ2v) is 8.69. The molecule has 0 spiro atoms. The first-order chi connectivity index (χ1) is 8.67. The number of benzene rings is 1. The molecule has 0 saturated carbocycles. The molecule has 1 atom stereocenters. The van der Waals surface area contributed by atoms with Gasteiger partial charge in [-0.15, -0.1) is 23.1 Å². The second-order valence-electron chi connectivity index (χ2n) is 4.19. The molecule has 0 fully saturated rings. The highest BCUT2D eigenvalue weighted by molar-refractivity contribution is 8.00. The van der Waals surface area contributed by atoms with Crippen LogP contribution < -0.4 is 0 Å². The predicted octanol–water partition coefficient (Wildman–Crippen LogP) is 3.76. The van der Waals surface area contributed by atoms with Crippen LogP contribution in [-0.4, -0.2) is 14.2 Å². The van der Waals surface area contributed by atoms with Gasteiger partial charge in [-0.1, -0.05) is 18.2 Å². The van der Waals surface area contributed by atoms with Crippen molar-refractivity contribution >= 4 is 32.9 Å². The molecule has 94 valence electrons. The van der Waals surface area contributed by atoms with Crippen LogP contribution in [0.3, 0.4) is 0 Å². The zero-order chi connectivity index (χ0) is 12.6. The van der Waals surface area contributed by atoms with Crippen molar-refractivity contribution in [2.24, 2.45) is 0 Å². The molecule has 18 heavy (non-hydrogen) atoms.